The van der Waals surface area contributed by atoms with Gasteiger partial charge in [0.05, 0.1) is 11.6 Å². The highest BCUT2D eigenvalue weighted by Gasteiger charge is 2.38. The minimum absolute atomic E-state index is 0.0213. The van der Waals surface area contributed by atoms with E-state index in [1.807, 2.05) is 11.4 Å². The second kappa shape index (κ2) is 9.54. The number of halogens is 2. The van der Waals surface area contributed by atoms with Crippen LogP contribution >= 0.6 is 11.3 Å². The van der Waals surface area contributed by atoms with Crippen molar-refractivity contribution in [1.29, 1.82) is 0 Å². The number of thiophene rings is 1. The molecule has 1 aliphatic heterocycles. The highest BCUT2D eigenvalue weighted by molar-refractivity contribution is 7.10. The monoisotopic (exact) mass is 482 g/mol. The predicted molar refractivity (Wildman–Crippen MR) is 125 cm³/mol. The summed E-state index contributed by atoms with van der Waals surface area (Å²) in [7, 11) is 0. The van der Waals surface area contributed by atoms with E-state index in [-0.39, 0.29) is 36.7 Å². The van der Waals surface area contributed by atoms with Gasteiger partial charge in [0.15, 0.2) is 0 Å². The first-order chi connectivity index (χ1) is 16.5. The van der Waals surface area contributed by atoms with Crippen LogP contribution in [0, 0.1) is 11.6 Å². The second-order valence-corrected chi connectivity index (χ2v) is 9.57. The van der Waals surface area contributed by atoms with Gasteiger partial charge in [0.25, 0.3) is 5.91 Å². The molecule has 1 aromatic heterocycles. The van der Waals surface area contributed by atoms with E-state index < -0.39 is 17.5 Å². The molecule has 1 atom stereocenters. The maximum Gasteiger partial charge on any atom is 0.257 e. The molecule has 2 amide bonds. The van der Waals surface area contributed by atoms with Crippen LogP contribution in [0.25, 0.3) is 0 Å². The summed E-state index contributed by atoms with van der Waals surface area (Å²) >= 11 is 1.64. The summed E-state index contributed by atoms with van der Waals surface area (Å²) in [6.45, 7) is 0.549. The van der Waals surface area contributed by atoms with Crippen LogP contribution < -0.4 is 4.74 Å². The lowest BCUT2D eigenvalue weighted by atomic mass is 10.0. The Morgan fingerprint density at radius 2 is 1.91 bits per heavy atom. The molecule has 34 heavy (non-hydrogen) atoms. The van der Waals surface area contributed by atoms with Gasteiger partial charge < -0.3 is 14.5 Å². The molecule has 0 saturated heterocycles. The van der Waals surface area contributed by atoms with Gasteiger partial charge in [-0.25, -0.2) is 8.78 Å². The number of benzene rings is 2. The Hall–Kier alpha value is -3.26. The van der Waals surface area contributed by atoms with Gasteiger partial charge in [0.1, 0.15) is 30.5 Å². The number of hydrogen-bond donors (Lipinski definition) is 0. The molecular weight excluding hydrogens is 458 g/mol. The average Bonchev–Trinajstić information content (AvgIpc) is 3.56. The minimum Gasteiger partial charge on any atom is -0.491 e. The molecule has 5 rings (SSSR count). The van der Waals surface area contributed by atoms with Gasteiger partial charge in [-0.05, 0) is 60.5 Å². The molecule has 0 unspecified atom stereocenters. The number of carbonyl (C=O) groups excluding carboxylic acids is 2. The molecule has 3 aromatic rings. The third kappa shape index (κ3) is 4.68. The second-order valence-electron chi connectivity index (χ2n) is 8.56. The van der Waals surface area contributed by atoms with Crippen LogP contribution in [0.3, 0.4) is 0 Å². The molecule has 2 heterocycles. The van der Waals surface area contributed by atoms with E-state index in [2.05, 4.69) is 0 Å². The Kier molecular flexibility index (Phi) is 6.32. The van der Waals surface area contributed by atoms with Crippen LogP contribution in [0.1, 0.15) is 39.7 Å². The highest BCUT2D eigenvalue weighted by Crippen LogP contribution is 2.35. The third-order valence-electron chi connectivity index (χ3n) is 6.28. The first kappa shape index (κ1) is 22.5. The Bertz CT molecular complexity index is 1210. The van der Waals surface area contributed by atoms with Crippen molar-refractivity contribution in [3.63, 3.8) is 0 Å². The van der Waals surface area contributed by atoms with Crippen molar-refractivity contribution in [3.05, 3.63) is 87.6 Å². The van der Waals surface area contributed by atoms with E-state index in [4.69, 9.17) is 4.74 Å². The summed E-state index contributed by atoms with van der Waals surface area (Å²) in [5.74, 6) is -1.26. The number of carbonyl (C=O) groups is 2. The average molecular weight is 483 g/mol. The van der Waals surface area contributed by atoms with Crippen molar-refractivity contribution in [2.24, 2.45) is 0 Å². The Balaban J connectivity index is 1.35. The molecule has 0 spiro atoms. The van der Waals surface area contributed by atoms with Crippen LogP contribution in [-0.2, 0) is 11.2 Å². The molecule has 1 fully saturated rings. The molecule has 5 nitrogen and oxygen atoms in total. The Morgan fingerprint density at radius 1 is 1.09 bits per heavy atom. The molecule has 0 N–H and O–H groups in total. The quantitative estimate of drug-likeness (QED) is 0.485. The fraction of sp³-hybridized carbons (Fsp3) is 0.308. The molecule has 176 valence electrons. The number of fused-ring (bicyclic) bond motifs is 1. The summed E-state index contributed by atoms with van der Waals surface area (Å²) in [5, 5.41) is 1.99. The number of ether oxygens (including phenoxy) is 1. The molecule has 1 aliphatic carbocycles. The zero-order chi connectivity index (χ0) is 23.7. The van der Waals surface area contributed by atoms with E-state index >= 15 is 0 Å². The summed E-state index contributed by atoms with van der Waals surface area (Å²) in [4.78, 5) is 31.0. The largest absolute Gasteiger partial charge is 0.491 e. The first-order valence-electron chi connectivity index (χ1n) is 11.3. The van der Waals surface area contributed by atoms with Gasteiger partial charge >= 0.3 is 0 Å². The fourth-order valence-corrected chi connectivity index (χ4v) is 5.31. The van der Waals surface area contributed by atoms with Crippen molar-refractivity contribution in [2.45, 2.75) is 31.3 Å². The smallest absolute Gasteiger partial charge is 0.257 e. The minimum atomic E-state index is -0.590. The SMILES string of the molecule is O=C(c1ccccc1F)N(CC(=O)N1CCc2sccc2[C@@H]1COc1cccc(F)c1)C1CC1. The van der Waals surface area contributed by atoms with E-state index in [0.717, 1.165) is 24.8 Å². The number of nitrogens with zero attached hydrogens (tertiary/aromatic N) is 2. The molecule has 1 saturated carbocycles. The lowest BCUT2D eigenvalue weighted by molar-refractivity contribution is -0.135. The molecule has 0 bridgehead atoms. The summed E-state index contributed by atoms with van der Waals surface area (Å²) < 4.78 is 33.7. The zero-order valence-electron chi connectivity index (χ0n) is 18.5. The van der Waals surface area contributed by atoms with E-state index in [0.29, 0.717) is 12.3 Å². The molecule has 0 radical (unpaired) electrons. The van der Waals surface area contributed by atoms with Crippen LogP contribution in [0.4, 0.5) is 8.78 Å². The fourth-order valence-electron chi connectivity index (χ4n) is 4.39. The number of amides is 2. The van der Waals surface area contributed by atoms with Gasteiger partial charge in [0, 0.05) is 23.5 Å². The molecule has 8 heteroatoms. The lowest BCUT2D eigenvalue weighted by Crippen LogP contribution is -2.48. The van der Waals surface area contributed by atoms with Crippen molar-refractivity contribution < 1.29 is 23.1 Å². The Labute approximate surface area is 200 Å². The predicted octanol–water partition coefficient (Wildman–Crippen LogP) is 4.84. The number of hydrogen-bond acceptors (Lipinski definition) is 4. The topological polar surface area (TPSA) is 49.9 Å². The van der Waals surface area contributed by atoms with Gasteiger partial charge in [-0.15, -0.1) is 11.3 Å². The van der Waals surface area contributed by atoms with Crippen molar-refractivity contribution in [2.75, 3.05) is 19.7 Å². The third-order valence-corrected chi connectivity index (χ3v) is 7.27. The van der Waals surface area contributed by atoms with Gasteiger partial charge in [-0.3, -0.25) is 9.59 Å². The zero-order valence-corrected chi connectivity index (χ0v) is 19.3. The first-order valence-corrected chi connectivity index (χ1v) is 12.2. The standard InChI is InChI=1S/C26H24F2N2O3S/c27-17-4-3-5-19(14-17)33-16-23-21-11-13-34-24(21)10-12-29(23)25(31)15-30(18-8-9-18)26(32)20-6-1-2-7-22(20)28/h1-7,11,13-14,18,23H,8-10,12,15-16H2/t23-/m0/s1. The number of rotatable bonds is 7. The summed E-state index contributed by atoms with van der Waals surface area (Å²) in [6, 6.07) is 13.3. The van der Waals surface area contributed by atoms with E-state index in [1.54, 1.807) is 34.4 Å². The molecular formula is C26H24F2N2O3S. The van der Waals surface area contributed by atoms with Gasteiger partial charge in [-0.1, -0.05) is 18.2 Å². The highest BCUT2D eigenvalue weighted by atomic mass is 32.1. The normalized spacial score (nSPS) is 17.2. The van der Waals surface area contributed by atoms with Crippen molar-refractivity contribution >= 4 is 23.2 Å². The van der Waals surface area contributed by atoms with Gasteiger partial charge in [0.2, 0.25) is 5.91 Å². The maximum absolute atomic E-state index is 14.3. The van der Waals surface area contributed by atoms with Crippen LogP contribution in [-0.4, -0.2) is 47.4 Å². The maximum atomic E-state index is 14.3. The summed E-state index contributed by atoms with van der Waals surface area (Å²) in [6.07, 6.45) is 2.32. The molecule has 2 aliphatic rings. The van der Waals surface area contributed by atoms with E-state index in [1.165, 1.54) is 40.1 Å². The molecule has 2 aromatic carbocycles. The van der Waals surface area contributed by atoms with Crippen molar-refractivity contribution in [1.82, 2.24) is 9.80 Å². The van der Waals surface area contributed by atoms with E-state index in [9.17, 15) is 18.4 Å². The van der Waals surface area contributed by atoms with Crippen molar-refractivity contribution in [3.8, 4) is 5.75 Å². The van der Waals surface area contributed by atoms with Crippen LogP contribution in [0.2, 0.25) is 0 Å². The van der Waals surface area contributed by atoms with Crippen LogP contribution in [0.5, 0.6) is 5.75 Å². The van der Waals surface area contributed by atoms with Gasteiger partial charge in [-0.2, -0.15) is 0 Å². The summed E-state index contributed by atoms with van der Waals surface area (Å²) in [5.41, 5.74) is 0.992. The lowest BCUT2D eigenvalue weighted by Gasteiger charge is -2.37. The Morgan fingerprint density at radius 3 is 2.68 bits per heavy atom. The van der Waals surface area contributed by atoms with Crippen LogP contribution in [0.15, 0.2) is 60.0 Å².